The van der Waals surface area contributed by atoms with Crippen molar-refractivity contribution in [3.63, 3.8) is 0 Å². The van der Waals surface area contributed by atoms with Crippen molar-refractivity contribution in [2.24, 2.45) is 0 Å². The fraction of sp³-hybridized carbons (Fsp3) is 0.389. The molecule has 1 aliphatic heterocycles. The highest BCUT2D eigenvalue weighted by Crippen LogP contribution is 2.37. The summed E-state index contributed by atoms with van der Waals surface area (Å²) in [4.78, 5) is 17.6. The number of nitrogens with two attached hydrogens (primary N) is 1. The van der Waals surface area contributed by atoms with Gasteiger partial charge in [-0.2, -0.15) is 0 Å². The lowest BCUT2D eigenvalue weighted by Crippen LogP contribution is -2.37. The van der Waals surface area contributed by atoms with Crippen molar-refractivity contribution in [2.45, 2.75) is 19.4 Å². The topological polar surface area (TPSA) is 97.4 Å². The molecular weight excluding hydrogens is 350 g/mol. The highest BCUT2D eigenvalue weighted by atomic mass is 32.1. The standard InChI is InChI=1S/C18H21N5O2S/c1-18(2,24)13-9-12-16(23-5-7-25-8-6-23)21-15(22-17(12)26-13)11-3-4-14(19)20-10-11/h3-4,9-10,24H,5-8H2,1-2H3,(H2,19,20). The highest BCUT2D eigenvalue weighted by Gasteiger charge is 2.24. The molecular formula is C18H21N5O2S. The molecule has 136 valence electrons. The number of aromatic nitrogens is 3. The fourth-order valence-corrected chi connectivity index (χ4v) is 3.92. The summed E-state index contributed by atoms with van der Waals surface area (Å²) in [7, 11) is 0. The van der Waals surface area contributed by atoms with Gasteiger partial charge in [0, 0.05) is 29.7 Å². The van der Waals surface area contributed by atoms with Crippen LogP contribution in [0.5, 0.6) is 0 Å². The number of thiophene rings is 1. The summed E-state index contributed by atoms with van der Waals surface area (Å²) in [6.45, 7) is 6.46. The largest absolute Gasteiger partial charge is 0.385 e. The summed E-state index contributed by atoms with van der Waals surface area (Å²) < 4.78 is 5.47. The molecule has 1 saturated heterocycles. The zero-order valence-corrected chi connectivity index (χ0v) is 15.6. The molecule has 0 aromatic carbocycles. The number of anilines is 2. The fourth-order valence-electron chi connectivity index (χ4n) is 2.89. The van der Waals surface area contributed by atoms with Gasteiger partial charge in [-0.05, 0) is 32.0 Å². The molecule has 4 heterocycles. The van der Waals surface area contributed by atoms with Crippen LogP contribution in [0.2, 0.25) is 0 Å². The van der Waals surface area contributed by atoms with Crippen LogP contribution in [-0.4, -0.2) is 46.4 Å². The Kier molecular flexibility index (Phi) is 4.26. The third-order valence-corrected chi connectivity index (χ3v) is 5.67. The number of pyridine rings is 1. The SMILES string of the molecule is CC(C)(O)c1cc2c(N3CCOCC3)nc(-c3ccc(N)nc3)nc2s1. The van der Waals surface area contributed by atoms with Gasteiger partial charge >= 0.3 is 0 Å². The molecule has 4 rings (SSSR count). The maximum absolute atomic E-state index is 10.4. The average molecular weight is 371 g/mol. The predicted molar refractivity (Wildman–Crippen MR) is 103 cm³/mol. The number of hydrogen-bond acceptors (Lipinski definition) is 8. The lowest BCUT2D eigenvalue weighted by molar-refractivity contribution is 0.0826. The van der Waals surface area contributed by atoms with Gasteiger partial charge in [-0.3, -0.25) is 0 Å². The first kappa shape index (κ1) is 17.1. The second-order valence-electron chi connectivity index (χ2n) is 6.83. The quantitative estimate of drug-likeness (QED) is 0.729. The minimum atomic E-state index is -0.920. The van der Waals surface area contributed by atoms with Gasteiger partial charge < -0.3 is 20.5 Å². The van der Waals surface area contributed by atoms with Gasteiger partial charge in [-0.15, -0.1) is 11.3 Å². The Bertz CT molecular complexity index is 927. The molecule has 3 aromatic rings. The molecule has 1 fully saturated rings. The van der Waals surface area contributed by atoms with Gasteiger partial charge in [-0.1, -0.05) is 0 Å². The van der Waals surface area contributed by atoms with Gasteiger partial charge in [0.25, 0.3) is 0 Å². The number of morpholine rings is 1. The van der Waals surface area contributed by atoms with E-state index in [4.69, 9.17) is 20.4 Å². The maximum atomic E-state index is 10.4. The van der Waals surface area contributed by atoms with Gasteiger partial charge in [0.15, 0.2) is 5.82 Å². The minimum Gasteiger partial charge on any atom is -0.385 e. The van der Waals surface area contributed by atoms with E-state index in [0.29, 0.717) is 24.9 Å². The van der Waals surface area contributed by atoms with Crippen molar-refractivity contribution in [2.75, 3.05) is 36.9 Å². The van der Waals surface area contributed by atoms with E-state index in [0.717, 1.165) is 39.6 Å². The Morgan fingerprint density at radius 1 is 1.23 bits per heavy atom. The monoisotopic (exact) mass is 371 g/mol. The second-order valence-corrected chi connectivity index (χ2v) is 7.86. The molecule has 0 aliphatic carbocycles. The average Bonchev–Trinajstić information content (AvgIpc) is 3.07. The summed E-state index contributed by atoms with van der Waals surface area (Å²) >= 11 is 1.49. The van der Waals surface area contributed by atoms with Crippen LogP contribution in [0.15, 0.2) is 24.4 Å². The Morgan fingerprint density at radius 3 is 2.65 bits per heavy atom. The van der Waals surface area contributed by atoms with Crippen LogP contribution >= 0.6 is 11.3 Å². The van der Waals surface area contributed by atoms with E-state index in [-0.39, 0.29) is 0 Å². The normalized spacial score (nSPS) is 15.6. The van der Waals surface area contributed by atoms with Gasteiger partial charge in [-0.25, -0.2) is 15.0 Å². The number of ether oxygens (including phenoxy) is 1. The minimum absolute atomic E-state index is 0.462. The summed E-state index contributed by atoms with van der Waals surface area (Å²) in [5.74, 6) is 1.94. The van der Waals surface area contributed by atoms with E-state index in [2.05, 4.69) is 9.88 Å². The van der Waals surface area contributed by atoms with Crippen molar-refractivity contribution >= 4 is 33.2 Å². The zero-order valence-electron chi connectivity index (χ0n) is 14.8. The lowest BCUT2D eigenvalue weighted by Gasteiger charge is -2.28. The molecule has 0 bridgehead atoms. The highest BCUT2D eigenvalue weighted by molar-refractivity contribution is 7.18. The third kappa shape index (κ3) is 3.23. The molecule has 26 heavy (non-hydrogen) atoms. The summed E-state index contributed by atoms with van der Waals surface area (Å²) in [6, 6.07) is 5.61. The van der Waals surface area contributed by atoms with E-state index in [1.807, 2.05) is 12.1 Å². The molecule has 0 amide bonds. The van der Waals surface area contributed by atoms with Crippen molar-refractivity contribution in [3.8, 4) is 11.4 Å². The smallest absolute Gasteiger partial charge is 0.164 e. The van der Waals surface area contributed by atoms with Gasteiger partial charge in [0.2, 0.25) is 0 Å². The predicted octanol–water partition coefficient (Wildman–Crippen LogP) is 2.40. The van der Waals surface area contributed by atoms with Crippen molar-refractivity contribution < 1.29 is 9.84 Å². The summed E-state index contributed by atoms with van der Waals surface area (Å²) in [5.41, 5.74) is 5.59. The number of nitrogen functional groups attached to an aromatic ring is 1. The van der Waals surface area contributed by atoms with E-state index < -0.39 is 5.60 Å². The lowest BCUT2D eigenvalue weighted by atomic mass is 10.1. The molecule has 7 nitrogen and oxygen atoms in total. The number of hydrogen-bond donors (Lipinski definition) is 2. The Hall–Kier alpha value is -2.29. The molecule has 0 unspecified atom stereocenters. The van der Waals surface area contributed by atoms with Crippen molar-refractivity contribution in [1.82, 2.24) is 15.0 Å². The molecule has 0 radical (unpaired) electrons. The molecule has 3 aromatic heterocycles. The summed E-state index contributed by atoms with van der Waals surface area (Å²) in [5, 5.41) is 11.4. The number of fused-ring (bicyclic) bond motifs is 1. The van der Waals surface area contributed by atoms with Crippen LogP contribution in [0, 0.1) is 0 Å². The van der Waals surface area contributed by atoms with Crippen LogP contribution in [0.1, 0.15) is 18.7 Å². The molecule has 0 spiro atoms. The molecule has 1 aliphatic rings. The number of aliphatic hydroxyl groups is 1. The third-order valence-electron chi connectivity index (χ3n) is 4.33. The van der Waals surface area contributed by atoms with Crippen LogP contribution in [0.4, 0.5) is 11.6 Å². The number of nitrogens with zero attached hydrogens (tertiary/aromatic N) is 4. The zero-order chi connectivity index (χ0) is 18.3. The Labute approximate surface area is 155 Å². The Balaban J connectivity index is 1.89. The van der Waals surface area contributed by atoms with E-state index >= 15 is 0 Å². The number of rotatable bonds is 3. The first-order valence-corrected chi connectivity index (χ1v) is 9.32. The van der Waals surface area contributed by atoms with Gasteiger partial charge in [0.1, 0.15) is 16.5 Å². The van der Waals surface area contributed by atoms with E-state index in [1.54, 1.807) is 26.1 Å². The van der Waals surface area contributed by atoms with Crippen molar-refractivity contribution in [1.29, 1.82) is 0 Å². The Morgan fingerprint density at radius 2 is 2.00 bits per heavy atom. The molecule has 3 N–H and O–H groups in total. The van der Waals surface area contributed by atoms with Crippen LogP contribution in [0.25, 0.3) is 21.6 Å². The van der Waals surface area contributed by atoms with Crippen LogP contribution in [-0.2, 0) is 10.3 Å². The molecule has 8 heteroatoms. The van der Waals surface area contributed by atoms with Gasteiger partial charge in [0.05, 0.1) is 24.2 Å². The second kappa shape index (κ2) is 6.46. The van der Waals surface area contributed by atoms with Crippen molar-refractivity contribution in [3.05, 3.63) is 29.3 Å². The van der Waals surface area contributed by atoms with E-state index in [9.17, 15) is 5.11 Å². The van der Waals surface area contributed by atoms with Crippen LogP contribution in [0.3, 0.4) is 0 Å². The summed E-state index contributed by atoms with van der Waals surface area (Å²) in [6.07, 6.45) is 1.68. The first-order chi connectivity index (χ1) is 12.4. The molecule has 0 atom stereocenters. The molecule has 0 saturated carbocycles. The maximum Gasteiger partial charge on any atom is 0.164 e. The van der Waals surface area contributed by atoms with Crippen LogP contribution < -0.4 is 10.6 Å². The van der Waals surface area contributed by atoms with E-state index in [1.165, 1.54) is 11.3 Å². The first-order valence-electron chi connectivity index (χ1n) is 8.51.